The smallest absolute Gasteiger partial charge is 0.0330 e. The van der Waals surface area contributed by atoms with E-state index in [0.717, 1.165) is 19.0 Å². The fourth-order valence-electron chi connectivity index (χ4n) is 3.58. The molecule has 0 amide bonds. The molecule has 1 aromatic carbocycles. The van der Waals surface area contributed by atoms with E-state index in [-0.39, 0.29) is 0 Å². The van der Waals surface area contributed by atoms with Crippen LogP contribution in [0.1, 0.15) is 38.2 Å². The number of likely N-dealkylation sites (N-methyl/N-ethyl adjacent to an activating group) is 1. The molecule has 1 N–H and O–H groups in total. The van der Waals surface area contributed by atoms with Gasteiger partial charge in [0.05, 0.1) is 0 Å². The summed E-state index contributed by atoms with van der Waals surface area (Å²) in [6.07, 6.45) is 5.33. The number of hydrogen-bond donors (Lipinski definition) is 1. The molecule has 21 heavy (non-hydrogen) atoms. The van der Waals surface area contributed by atoms with E-state index >= 15 is 0 Å². The molecule has 1 aromatic rings. The first-order chi connectivity index (χ1) is 10.0. The van der Waals surface area contributed by atoms with Gasteiger partial charge in [-0.2, -0.15) is 0 Å². The van der Waals surface area contributed by atoms with Gasteiger partial charge >= 0.3 is 0 Å². The molecule has 2 nitrogen and oxygen atoms in total. The summed E-state index contributed by atoms with van der Waals surface area (Å²) in [7, 11) is 4.46. The van der Waals surface area contributed by atoms with E-state index in [4.69, 9.17) is 0 Å². The number of hydrogen-bond acceptors (Lipinski definition) is 2. The molecule has 0 radical (unpaired) electrons. The van der Waals surface area contributed by atoms with Crippen LogP contribution in [0, 0.1) is 5.92 Å². The van der Waals surface area contributed by atoms with Crippen molar-refractivity contribution in [2.24, 2.45) is 5.92 Å². The Labute approximate surface area is 130 Å². The molecular weight excluding hydrogens is 256 g/mol. The van der Waals surface area contributed by atoms with E-state index in [1.165, 1.54) is 36.8 Å². The molecule has 1 fully saturated rings. The number of nitrogens with one attached hydrogen (secondary N) is 1. The highest BCUT2D eigenvalue weighted by Crippen LogP contribution is 2.35. The van der Waals surface area contributed by atoms with Crippen molar-refractivity contribution in [1.29, 1.82) is 0 Å². The van der Waals surface area contributed by atoms with E-state index in [9.17, 15) is 0 Å². The van der Waals surface area contributed by atoms with Crippen molar-refractivity contribution >= 4 is 5.57 Å². The first-order valence-electron chi connectivity index (χ1n) is 8.15. The number of rotatable bonds is 6. The third-order valence-corrected chi connectivity index (χ3v) is 4.99. The Bertz CT molecular complexity index is 452. The van der Waals surface area contributed by atoms with Crippen LogP contribution in [0.4, 0.5) is 0 Å². The zero-order valence-electron chi connectivity index (χ0n) is 13.9. The van der Waals surface area contributed by atoms with Crippen molar-refractivity contribution in [2.75, 3.05) is 27.2 Å². The van der Waals surface area contributed by atoms with Crippen LogP contribution >= 0.6 is 0 Å². The average Bonchev–Trinajstić information content (AvgIpc) is 2.48. The summed E-state index contributed by atoms with van der Waals surface area (Å²) in [6, 6.07) is 10.5. The Hall–Kier alpha value is -1.12. The summed E-state index contributed by atoms with van der Waals surface area (Å²) in [5, 5.41) is 3.65. The van der Waals surface area contributed by atoms with Crippen molar-refractivity contribution in [3.8, 4) is 0 Å². The Morgan fingerprint density at radius 2 is 2.05 bits per heavy atom. The number of benzene rings is 1. The summed E-state index contributed by atoms with van der Waals surface area (Å²) in [6.45, 7) is 8.52. The molecule has 0 aliphatic heterocycles. The SMILES string of the molecule is C=C(CNCC1(N(C)C)CCCC(C)C1)c1ccccc1. The Kier molecular flexibility index (Phi) is 5.60. The standard InChI is InChI=1S/C19H30N2/c1-16-9-8-12-19(13-16,21(3)4)15-20-14-17(2)18-10-6-5-7-11-18/h5-7,10-11,16,20H,2,8-9,12-15H2,1,3-4H3. The minimum Gasteiger partial charge on any atom is -0.311 e. The minimum atomic E-state index is 0.314. The van der Waals surface area contributed by atoms with Gasteiger partial charge in [0.2, 0.25) is 0 Å². The van der Waals surface area contributed by atoms with Gasteiger partial charge in [-0.3, -0.25) is 0 Å². The molecule has 1 saturated carbocycles. The fourth-order valence-corrected chi connectivity index (χ4v) is 3.58. The van der Waals surface area contributed by atoms with Crippen molar-refractivity contribution in [1.82, 2.24) is 10.2 Å². The fraction of sp³-hybridized carbons (Fsp3) is 0.579. The van der Waals surface area contributed by atoms with Crippen LogP contribution in [0.3, 0.4) is 0 Å². The van der Waals surface area contributed by atoms with Crippen molar-refractivity contribution in [2.45, 2.75) is 38.1 Å². The highest BCUT2D eigenvalue weighted by atomic mass is 15.2. The molecule has 2 atom stereocenters. The molecule has 116 valence electrons. The zero-order chi connectivity index (χ0) is 15.3. The normalized spacial score (nSPS) is 26.0. The van der Waals surface area contributed by atoms with Crippen LogP contribution in [0.15, 0.2) is 36.9 Å². The average molecular weight is 286 g/mol. The van der Waals surface area contributed by atoms with Crippen molar-refractivity contribution < 1.29 is 0 Å². The molecule has 0 aromatic heterocycles. The minimum absolute atomic E-state index is 0.314. The van der Waals surface area contributed by atoms with Gasteiger partial charge in [0.1, 0.15) is 0 Å². The van der Waals surface area contributed by atoms with Crippen LogP contribution in [0.25, 0.3) is 5.57 Å². The van der Waals surface area contributed by atoms with E-state index in [1.54, 1.807) is 0 Å². The maximum atomic E-state index is 4.21. The molecule has 2 unspecified atom stereocenters. The monoisotopic (exact) mass is 286 g/mol. The van der Waals surface area contributed by atoms with E-state index in [1.807, 2.05) is 0 Å². The Morgan fingerprint density at radius 1 is 1.33 bits per heavy atom. The quantitative estimate of drug-likeness (QED) is 0.855. The molecule has 0 saturated heterocycles. The van der Waals surface area contributed by atoms with E-state index in [2.05, 4.69) is 68.1 Å². The second-order valence-electron chi connectivity index (χ2n) is 6.89. The van der Waals surface area contributed by atoms with Gasteiger partial charge in [0.15, 0.2) is 0 Å². The highest BCUT2D eigenvalue weighted by Gasteiger charge is 2.36. The summed E-state index contributed by atoms with van der Waals surface area (Å²) in [5.74, 6) is 0.834. The van der Waals surface area contributed by atoms with E-state index < -0.39 is 0 Å². The maximum Gasteiger partial charge on any atom is 0.0330 e. The first-order valence-corrected chi connectivity index (χ1v) is 8.15. The predicted octanol–water partition coefficient (Wildman–Crippen LogP) is 3.80. The lowest BCUT2D eigenvalue weighted by Gasteiger charge is -2.45. The predicted molar refractivity (Wildman–Crippen MR) is 92.4 cm³/mol. The largest absolute Gasteiger partial charge is 0.311 e. The molecule has 2 rings (SSSR count). The second-order valence-corrected chi connectivity index (χ2v) is 6.89. The van der Waals surface area contributed by atoms with Crippen LogP contribution < -0.4 is 5.32 Å². The van der Waals surface area contributed by atoms with Crippen LogP contribution in [0.5, 0.6) is 0 Å². The van der Waals surface area contributed by atoms with Gasteiger partial charge < -0.3 is 10.2 Å². The molecule has 1 aliphatic carbocycles. The molecular formula is C19H30N2. The van der Waals surface area contributed by atoms with Gasteiger partial charge in [-0.05, 0) is 44.0 Å². The summed E-state index contributed by atoms with van der Waals surface area (Å²) in [5.41, 5.74) is 2.73. The topological polar surface area (TPSA) is 15.3 Å². The lowest BCUT2D eigenvalue weighted by atomic mass is 9.75. The Morgan fingerprint density at radius 3 is 2.67 bits per heavy atom. The van der Waals surface area contributed by atoms with E-state index in [0.29, 0.717) is 5.54 Å². The third-order valence-electron chi connectivity index (χ3n) is 4.99. The van der Waals surface area contributed by atoms with Gasteiger partial charge in [0, 0.05) is 18.6 Å². The molecule has 0 bridgehead atoms. The third kappa shape index (κ3) is 4.18. The molecule has 0 heterocycles. The lowest BCUT2D eigenvalue weighted by Crippen LogP contribution is -2.54. The summed E-state index contributed by atoms with van der Waals surface area (Å²) >= 11 is 0. The molecule has 1 aliphatic rings. The zero-order valence-corrected chi connectivity index (χ0v) is 13.9. The van der Waals surface area contributed by atoms with Gasteiger partial charge in [-0.1, -0.05) is 56.7 Å². The summed E-state index contributed by atoms with van der Waals surface area (Å²) < 4.78 is 0. The summed E-state index contributed by atoms with van der Waals surface area (Å²) in [4.78, 5) is 2.43. The molecule has 2 heteroatoms. The second kappa shape index (κ2) is 7.24. The van der Waals surface area contributed by atoms with Crippen LogP contribution in [0.2, 0.25) is 0 Å². The lowest BCUT2D eigenvalue weighted by molar-refractivity contribution is 0.0764. The van der Waals surface area contributed by atoms with Gasteiger partial charge in [-0.25, -0.2) is 0 Å². The molecule has 0 spiro atoms. The highest BCUT2D eigenvalue weighted by molar-refractivity contribution is 5.64. The van der Waals surface area contributed by atoms with Crippen molar-refractivity contribution in [3.63, 3.8) is 0 Å². The van der Waals surface area contributed by atoms with Crippen LogP contribution in [-0.4, -0.2) is 37.6 Å². The first kappa shape index (κ1) is 16.3. The van der Waals surface area contributed by atoms with Gasteiger partial charge in [0.25, 0.3) is 0 Å². The Balaban J connectivity index is 1.89. The van der Waals surface area contributed by atoms with Crippen LogP contribution in [-0.2, 0) is 0 Å². The maximum absolute atomic E-state index is 4.21. The van der Waals surface area contributed by atoms with Crippen molar-refractivity contribution in [3.05, 3.63) is 42.5 Å². The van der Waals surface area contributed by atoms with Gasteiger partial charge in [-0.15, -0.1) is 0 Å². The number of nitrogens with zero attached hydrogens (tertiary/aromatic N) is 1.